The van der Waals surface area contributed by atoms with Gasteiger partial charge in [0.15, 0.2) is 11.6 Å². The first-order valence-electron chi connectivity index (χ1n) is 6.56. The Balaban J connectivity index is 1.87. The standard InChI is InChI=1S/C14H14F5NO/c15-11-3-1-9(7-12(11)16)2-4-13(21)20-6-5-10(8-20)14(17,18)19/h1,3,7,10H,2,4-6,8H2/t10-/m0/s1. The summed E-state index contributed by atoms with van der Waals surface area (Å²) >= 11 is 0. The number of carbonyl (C=O) groups excluding carboxylic acids is 1. The molecule has 0 unspecified atom stereocenters. The summed E-state index contributed by atoms with van der Waals surface area (Å²) in [4.78, 5) is 13.0. The molecule has 0 radical (unpaired) electrons. The van der Waals surface area contributed by atoms with Crippen molar-refractivity contribution in [1.82, 2.24) is 4.90 Å². The highest BCUT2D eigenvalue weighted by Crippen LogP contribution is 2.33. The SMILES string of the molecule is O=C(CCc1ccc(F)c(F)c1)N1CC[C@H](C(F)(F)F)C1. The van der Waals surface area contributed by atoms with E-state index in [0.717, 1.165) is 12.1 Å². The summed E-state index contributed by atoms with van der Waals surface area (Å²) < 4.78 is 63.3. The predicted octanol–water partition coefficient (Wildman–Crippen LogP) is 3.31. The number of carbonyl (C=O) groups is 1. The van der Waals surface area contributed by atoms with Gasteiger partial charge in [-0.05, 0) is 30.5 Å². The van der Waals surface area contributed by atoms with Crippen LogP contribution in [0.4, 0.5) is 22.0 Å². The molecule has 0 aliphatic carbocycles. The minimum absolute atomic E-state index is 0.0182. The smallest absolute Gasteiger partial charge is 0.342 e. The van der Waals surface area contributed by atoms with Crippen LogP contribution in [0.5, 0.6) is 0 Å². The van der Waals surface area contributed by atoms with Gasteiger partial charge in [0.1, 0.15) is 0 Å². The summed E-state index contributed by atoms with van der Waals surface area (Å²) in [5.74, 6) is -3.84. The summed E-state index contributed by atoms with van der Waals surface area (Å²) in [7, 11) is 0. The van der Waals surface area contributed by atoms with E-state index in [-0.39, 0.29) is 32.4 Å². The van der Waals surface area contributed by atoms with E-state index in [0.29, 0.717) is 5.56 Å². The van der Waals surface area contributed by atoms with Gasteiger partial charge in [-0.15, -0.1) is 0 Å². The van der Waals surface area contributed by atoms with Crippen molar-refractivity contribution in [2.75, 3.05) is 13.1 Å². The number of amides is 1. The fourth-order valence-corrected chi connectivity index (χ4v) is 2.36. The minimum atomic E-state index is -4.28. The summed E-state index contributed by atoms with van der Waals surface area (Å²) in [6.07, 6.45) is -4.21. The Bertz CT molecular complexity index is 529. The van der Waals surface area contributed by atoms with Gasteiger partial charge in [0.25, 0.3) is 0 Å². The highest BCUT2D eigenvalue weighted by Gasteiger charge is 2.44. The molecule has 0 bridgehead atoms. The van der Waals surface area contributed by atoms with Gasteiger partial charge in [-0.1, -0.05) is 6.07 Å². The highest BCUT2D eigenvalue weighted by molar-refractivity contribution is 5.76. The number of halogens is 5. The van der Waals surface area contributed by atoms with Crippen molar-refractivity contribution in [3.8, 4) is 0 Å². The topological polar surface area (TPSA) is 20.3 Å². The molecule has 1 aromatic rings. The zero-order chi connectivity index (χ0) is 15.6. The van der Waals surface area contributed by atoms with Crippen LogP contribution in [0.25, 0.3) is 0 Å². The normalized spacial score (nSPS) is 19.1. The van der Waals surface area contributed by atoms with Gasteiger partial charge in [-0.3, -0.25) is 4.79 Å². The number of hydrogen-bond donors (Lipinski definition) is 0. The number of rotatable bonds is 3. The van der Waals surface area contributed by atoms with Crippen LogP contribution < -0.4 is 0 Å². The van der Waals surface area contributed by atoms with Crippen molar-refractivity contribution in [2.45, 2.75) is 25.4 Å². The number of nitrogens with zero attached hydrogens (tertiary/aromatic N) is 1. The van der Waals surface area contributed by atoms with Crippen LogP contribution in [-0.2, 0) is 11.2 Å². The maximum atomic E-state index is 13.0. The second kappa shape index (κ2) is 5.99. The molecular weight excluding hydrogens is 293 g/mol. The summed E-state index contributed by atoms with van der Waals surface area (Å²) in [6, 6.07) is 3.31. The largest absolute Gasteiger partial charge is 0.393 e. The van der Waals surface area contributed by atoms with Gasteiger partial charge in [0.05, 0.1) is 5.92 Å². The Morgan fingerprint density at radius 2 is 1.95 bits per heavy atom. The molecule has 116 valence electrons. The molecule has 0 N–H and O–H groups in total. The van der Waals surface area contributed by atoms with Crippen LogP contribution in [0.3, 0.4) is 0 Å². The quantitative estimate of drug-likeness (QED) is 0.785. The van der Waals surface area contributed by atoms with Crippen LogP contribution >= 0.6 is 0 Å². The number of benzene rings is 1. The monoisotopic (exact) mass is 307 g/mol. The van der Waals surface area contributed by atoms with Crippen LogP contribution in [-0.4, -0.2) is 30.1 Å². The summed E-state index contributed by atoms with van der Waals surface area (Å²) in [5.41, 5.74) is 0.439. The van der Waals surface area contributed by atoms with Gasteiger partial charge < -0.3 is 4.90 Å². The number of likely N-dealkylation sites (tertiary alicyclic amines) is 1. The molecule has 0 saturated carbocycles. The van der Waals surface area contributed by atoms with E-state index in [4.69, 9.17) is 0 Å². The average molecular weight is 307 g/mol. The van der Waals surface area contributed by atoms with Crippen LogP contribution in [0.15, 0.2) is 18.2 Å². The maximum Gasteiger partial charge on any atom is 0.393 e. The van der Waals surface area contributed by atoms with Crippen molar-refractivity contribution < 1.29 is 26.7 Å². The molecule has 2 rings (SSSR count). The molecular formula is C14H14F5NO. The van der Waals surface area contributed by atoms with Crippen molar-refractivity contribution in [3.63, 3.8) is 0 Å². The molecule has 1 fully saturated rings. The number of hydrogen-bond acceptors (Lipinski definition) is 1. The molecule has 21 heavy (non-hydrogen) atoms. The summed E-state index contributed by atoms with van der Waals surface area (Å²) in [6.45, 7) is -0.235. The molecule has 7 heteroatoms. The van der Waals surface area contributed by atoms with E-state index in [1.807, 2.05) is 0 Å². The Morgan fingerprint density at radius 1 is 1.24 bits per heavy atom. The highest BCUT2D eigenvalue weighted by atomic mass is 19.4. The molecule has 1 atom stereocenters. The van der Waals surface area contributed by atoms with Crippen LogP contribution in [0.1, 0.15) is 18.4 Å². The number of aryl methyl sites for hydroxylation is 1. The minimum Gasteiger partial charge on any atom is -0.342 e. The Morgan fingerprint density at radius 3 is 2.52 bits per heavy atom. The first-order chi connectivity index (χ1) is 9.77. The molecule has 0 aromatic heterocycles. The molecule has 1 saturated heterocycles. The van der Waals surface area contributed by atoms with Crippen molar-refractivity contribution in [3.05, 3.63) is 35.4 Å². The van der Waals surface area contributed by atoms with E-state index in [9.17, 15) is 26.7 Å². The van der Waals surface area contributed by atoms with Gasteiger partial charge in [-0.25, -0.2) is 8.78 Å². The van der Waals surface area contributed by atoms with Crippen molar-refractivity contribution in [2.24, 2.45) is 5.92 Å². The lowest BCUT2D eigenvalue weighted by molar-refractivity contribution is -0.171. The van der Waals surface area contributed by atoms with Gasteiger partial charge >= 0.3 is 6.18 Å². The van der Waals surface area contributed by atoms with Crippen molar-refractivity contribution >= 4 is 5.91 Å². The van der Waals surface area contributed by atoms with Crippen LogP contribution in [0, 0.1) is 17.6 Å². The van der Waals surface area contributed by atoms with E-state index in [1.165, 1.54) is 11.0 Å². The third-order valence-corrected chi connectivity index (χ3v) is 3.62. The second-order valence-electron chi connectivity index (χ2n) is 5.12. The van der Waals surface area contributed by atoms with Crippen LogP contribution in [0.2, 0.25) is 0 Å². The van der Waals surface area contributed by atoms with Gasteiger partial charge in [0, 0.05) is 19.5 Å². The zero-order valence-electron chi connectivity index (χ0n) is 11.1. The lowest BCUT2D eigenvalue weighted by atomic mass is 10.1. The van der Waals surface area contributed by atoms with E-state index >= 15 is 0 Å². The summed E-state index contributed by atoms with van der Waals surface area (Å²) in [5, 5.41) is 0. The molecule has 1 aliphatic heterocycles. The fraction of sp³-hybridized carbons (Fsp3) is 0.500. The maximum absolute atomic E-state index is 13.0. The molecule has 2 nitrogen and oxygen atoms in total. The van der Waals surface area contributed by atoms with E-state index in [2.05, 4.69) is 0 Å². The first-order valence-corrected chi connectivity index (χ1v) is 6.56. The molecule has 1 aromatic carbocycles. The van der Waals surface area contributed by atoms with Gasteiger partial charge in [0.2, 0.25) is 5.91 Å². The first kappa shape index (κ1) is 15.7. The number of alkyl halides is 3. The average Bonchev–Trinajstić information content (AvgIpc) is 2.89. The second-order valence-corrected chi connectivity index (χ2v) is 5.12. The third kappa shape index (κ3) is 3.92. The Labute approximate surface area is 118 Å². The Kier molecular flexibility index (Phi) is 4.49. The van der Waals surface area contributed by atoms with E-state index in [1.54, 1.807) is 0 Å². The predicted molar refractivity (Wildman–Crippen MR) is 65.4 cm³/mol. The van der Waals surface area contributed by atoms with E-state index < -0.39 is 29.6 Å². The Hall–Kier alpha value is -1.66. The molecule has 1 amide bonds. The lowest BCUT2D eigenvalue weighted by Crippen LogP contribution is -2.32. The third-order valence-electron chi connectivity index (χ3n) is 3.62. The molecule has 0 spiro atoms. The molecule has 1 aliphatic rings. The fourth-order valence-electron chi connectivity index (χ4n) is 2.36. The van der Waals surface area contributed by atoms with Gasteiger partial charge in [-0.2, -0.15) is 13.2 Å². The van der Waals surface area contributed by atoms with Crippen molar-refractivity contribution in [1.29, 1.82) is 0 Å². The molecule has 1 heterocycles. The lowest BCUT2D eigenvalue weighted by Gasteiger charge is -2.18. The zero-order valence-corrected chi connectivity index (χ0v) is 11.1.